The molecule has 1 aromatic rings. The molecule has 0 aliphatic rings. The molecule has 7 heteroatoms. The Balaban J connectivity index is 2.50. The summed E-state index contributed by atoms with van der Waals surface area (Å²) >= 11 is 0. The lowest BCUT2D eigenvalue weighted by molar-refractivity contribution is 0.0992. The van der Waals surface area contributed by atoms with Gasteiger partial charge in [0.2, 0.25) is 5.88 Å². The molecule has 0 aromatic carbocycles. The van der Waals surface area contributed by atoms with Gasteiger partial charge in [-0.25, -0.2) is 4.98 Å². The van der Waals surface area contributed by atoms with Gasteiger partial charge in [-0.05, 0) is 13.8 Å². The van der Waals surface area contributed by atoms with Crippen molar-refractivity contribution in [2.75, 3.05) is 37.4 Å². The SMILES string of the molecule is CC(C)Oc1ncnc(NCCOCCO)c1N. The van der Waals surface area contributed by atoms with E-state index in [1.54, 1.807) is 0 Å². The Labute approximate surface area is 106 Å². The molecule has 0 amide bonds. The predicted molar refractivity (Wildman–Crippen MR) is 68.6 cm³/mol. The first-order valence-electron chi connectivity index (χ1n) is 5.84. The minimum atomic E-state index is 0.00272. The fraction of sp³-hybridized carbons (Fsp3) is 0.636. The number of rotatable bonds is 8. The number of aliphatic hydroxyl groups excluding tert-OH is 1. The first-order valence-corrected chi connectivity index (χ1v) is 5.84. The highest BCUT2D eigenvalue weighted by Crippen LogP contribution is 2.24. The molecular formula is C11H20N4O3. The first-order chi connectivity index (χ1) is 8.65. The van der Waals surface area contributed by atoms with Crippen LogP contribution in [0.25, 0.3) is 0 Å². The van der Waals surface area contributed by atoms with E-state index in [0.717, 1.165) is 0 Å². The van der Waals surface area contributed by atoms with Crippen LogP contribution in [0.3, 0.4) is 0 Å². The van der Waals surface area contributed by atoms with Crippen molar-refractivity contribution < 1.29 is 14.6 Å². The topological polar surface area (TPSA) is 103 Å². The fourth-order valence-electron chi connectivity index (χ4n) is 1.25. The first kappa shape index (κ1) is 14.5. The number of nitrogens with one attached hydrogen (secondary N) is 1. The summed E-state index contributed by atoms with van der Waals surface area (Å²) in [6.07, 6.45) is 1.40. The predicted octanol–water partition coefficient (Wildman–Crippen LogP) is 0.267. The monoisotopic (exact) mass is 256 g/mol. The number of anilines is 2. The van der Waals surface area contributed by atoms with Crippen molar-refractivity contribution in [1.82, 2.24) is 9.97 Å². The van der Waals surface area contributed by atoms with Crippen molar-refractivity contribution in [2.24, 2.45) is 0 Å². The summed E-state index contributed by atoms with van der Waals surface area (Å²) in [6, 6.07) is 0. The lowest BCUT2D eigenvalue weighted by Gasteiger charge is -2.13. The Bertz CT molecular complexity index is 360. The molecule has 0 fully saturated rings. The zero-order valence-corrected chi connectivity index (χ0v) is 10.7. The van der Waals surface area contributed by atoms with E-state index in [1.165, 1.54) is 6.33 Å². The molecule has 1 aromatic heterocycles. The maximum atomic E-state index is 8.54. The van der Waals surface area contributed by atoms with Crippen LogP contribution in [0.2, 0.25) is 0 Å². The zero-order valence-electron chi connectivity index (χ0n) is 10.7. The molecule has 18 heavy (non-hydrogen) atoms. The van der Waals surface area contributed by atoms with E-state index < -0.39 is 0 Å². The van der Waals surface area contributed by atoms with Gasteiger partial charge in [0.15, 0.2) is 5.82 Å². The number of aliphatic hydroxyl groups is 1. The van der Waals surface area contributed by atoms with Crippen LogP contribution < -0.4 is 15.8 Å². The highest BCUT2D eigenvalue weighted by molar-refractivity contribution is 5.66. The number of aromatic nitrogens is 2. The van der Waals surface area contributed by atoms with E-state index in [9.17, 15) is 0 Å². The van der Waals surface area contributed by atoms with Gasteiger partial charge in [-0.1, -0.05) is 0 Å². The van der Waals surface area contributed by atoms with Gasteiger partial charge < -0.3 is 25.6 Å². The Morgan fingerprint density at radius 1 is 1.39 bits per heavy atom. The van der Waals surface area contributed by atoms with Crippen molar-refractivity contribution in [3.05, 3.63) is 6.33 Å². The van der Waals surface area contributed by atoms with E-state index in [1.807, 2.05) is 13.8 Å². The number of ether oxygens (including phenoxy) is 2. The number of hydrogen-bond acceptors (Lipinski definition) is 7. The van der Waals surface area contributed by atoms with E-state index in [2.05, 4.69) is 15.3 Å². The summed E-state index contributed by atoms with van der Waals surface area (Å²) < 4.78 is 10.6. The Hall–Kier alpha value is -1.60. The van der Waals surface area contributed by atoms with Crippen LogP contribution >= 0.6 is 0 Å². The fourth-order valence-corrected chi connectivity index (χ4v) is 1.25. The molecule has 0 bridgehead atoms. The Morgan fingerprint density at radius 3 is 2.83 bits per heavy atom. The van der Waals surface area contributed by atoms with E-state index in [4.69, 9.17) is 20.3 Å². The summed E-state index contributed by atoms with van der Waals surface area (Å²) in [5, 5.41) is 11.6. The Kier molecular flexibility index (Phi) is 6.16. The van der Waals surface area contributed by atoms with Crippen molar-refractivity contribution in [3.8, 4) is 5.88 Å². The third-order valence-corrected chi connectivity index (χ3v) is 1.97. The lowest BCUT2D eigenvalue weighted by Crippen LogP contribution is -2.15. The number of nitrogens with zero attached hydrogens (tertiary/aromatic N) is 2. The molecule has 0 spiro atoms. The van der Waals surface area contributed by atoms with Gasteiger partial charge in [0.1, 0.15) is 12.0 Å². The molecule has 0 atom stereocenters. The average Bonchev–Trinajstić information content (AvgIpc) is 2.33. The quantitative estimate of drug-likeness (QED) is 0.573. The molecule has 7 nitrogen and oxygen atoms in total. The largest absolute Gasteiger partial charge is 0.473 e. The van der Waals surface area contributed by atoms with Gasteiger partial charge in [-0.15, -0.1) is 0 Å². The van der Waals surface area contributed by atoms with Gasteiger partial charge in [-0.3, -0.25) is 0 Å². The third kappa shape index (κ3) is 4.72. The van der Waals surface area contributed by atoms with Crippen LogP contribution in [0.15, 0.2) is 6.33 Å². The summed E-state index contributed by atoms with van der Waals surface area (Å²) in [6.45, 7) is 5.14. The van der Waals surface area contributed by atoms with Gasteiger partial charge in [0, 0.05) is 6.54 Å². The molecule has 0 unspecified atom stereocenters. The minimum Gasteiger partial charge on any atom is -0.473 e. The second kappa shape index (κ2) is 7.67. The number of nitrogen functional groups attached to an aromatic ring is 1. The van der Waals surface area contributed by atoms with E-state index >= 15 is 0 Å². The summed E-state index contributed by atoms with van der Waals surface area (Å²) in [5.41, 5.74) is 6.26. The van der Waals surface area contributed by atoms with Crippen molar-refractivity contribution in [2.45, 2.75) is 20.0 Å². The Morgan fingerprint density at radius 2 is 2.17 bits per heavy atom. The molecule has 4 N–H and O–H groups in total. The lowest BCUT2D eigenvalue weighted by atomic mass is 10.4. The molecule has 0 radical (unpaired) electrons. The zero-order chi connectivity index (χ0) is 13.4. The smallest absolute Gasteiger partial charge is 0.242 e. The summed E-state index contributed by atoms with van der Waals surface area (Å²) in [7, 11) is 0. The maximum absolute atomic E-state index is 8.54. The van der Waals surface area contributed by atoms with Crippen LogP contribution in [-0.2, 0) is 4.74 Å². The van der Waals surface area contributed by atoms with Crippen molar-refractivity contribution in [3.63, 3.8) is 0 Å². The molecule has 102 valence electrons. The normalized spacial score (nSPS) is 10.7. The van der Waals surface area contributed by atoms with Gasteiger partial charge in [-0.2, -0.15) is 4.98 Å². The van der Waals surface area contributed by atoms with E-state index in [-0.39, 0.29) is 12.7 Å². The highest BCUT2D eigenvalue weighted by Gasteiger charge is 2.09. The van der Waals surface area contributed by atoms with Crippen molar-refractivity contribution in [1.29, 1.82) is 0 Å². The molecule has 0 aliphatic heterocycles. The van der Waals surface area contributed by atoms with Crippen LogP contribution in [0.4, 0.5) is 11.5 Å². The average molecular weight is 256 g/mol. The molecular weight excluding hydrogens is 236 g/mol. The molecule has 0 aliphatic carbocycles. The minimum absolute atomic E-state index is 0.00272. The van der Waals surface area contributed by atoms with Gasteiger partial charge >= 0.3 is 0 Å². The molecule has 1 rings (SSSR count). The molecule has 0 saturated carbocycles. The summed E-state index contributed by atoms with van der Waals surface area (Å²) in [5.74, 6) is 0.895. The maximum Gasteiger partial charge on any atom is 0.242 e. The second-order valence-corrected chi connectivity index (χ2v) is 3.87. The van der Waals surface area contributed by atoms with Gasteiger partial charge in [0.05, 0.1) is 25.9 Å². The van der Waals surface area contributed by atoms with Gasteiger partial charge in [0.25, 0.3) is 0 Å². The standard InChI is InChI=1S/C11H20N4O3/c1-8(2)18-11-9(12)10(14-7-15-11)13-3-5-17-6-4-16/h7-8,16H,3-6,12H2,1-2H3,(H,13,14,15). The number of nitrogens with two attached hydrogens (primary N) is 1. The van der Waals surface area contributed by atoms with Crippen LogP contribution in [-0.4, -0.2) is 47.5 Å². The summed E-state index contributed by atoms with van der Waals surface area (Å²) in [4.78, 5) is 8.01. The van der Waals surface area contributed by atoms with E-state index in [0.29, 0.717) is 37.1 Å². The van der Waals surface area contributed by atoms with Crippen LogP contribution in [0.5, 0.6) is 5.88 Å². The second-order valence-electron chi connectivity index (χ2n) is 3.87. The van der Waals surface area contributed by atoms with Crippen LogP contribution in [0.1, 0.15) is 13.8 Å². The number of hydrogen-bond donors (Lipinski definition) is 3. The molecule has 0 saturated heterocycles. The van der Waals surface area contributed by atoms with Crippen LogP contribution in [0, 0.1) is 0 Å². The molecule has 1 heterocycles. The highest BCUT2D eigenvalue weighted by atomic mass is 16.5. The van der Waals surface area contributed by atoms with Crippen molar-refractivity contribution >= 4 is 11.5 Å². The third-order valence-electron chi connectivity index (χ3n) is 1.97.